The minimum atomic E-state index is -0.942. The summed E-state index contributed by atoms with van der Waals surface area (Å²) in [5.74, 6) is -0.261. The van der Waals surface area contributed by atoms with E-state index >= 15 is 0 Å². The molecule has 0 aliphatic carbocycles. The SMILES string of the molecule is Cc1cc(Br)ccc1C(=O)N1CSC[C@H]1C(=O)O. The number of thioether (sulfide) groups is 1. The van der Waals surface area contributed by atoms with Crippen molar-refractivity contribution in [2.24, 2.45) is 0 Å². The molecule has 6 heteroatoms. The molecule has 1 aromatic carbocycles. The molecule has 18 heavy (non-hydrogen) atoms. The lowest BCUT2D eigenvalue weighted by atomic mass is 10.1. The molecule has 1 aliphatic rings. The number of carboxylic acids is 1. The van der Waals surface area contributed by atoms with Crippen LogP contribution in [-0.4, -0.2) is 39.6 Å². The van der Waals surface area contributed by atoms with Gasteiger partial charge in [0.25, 0.3) is 5.91 Å². The Kier molecular flexibility index (Phi) is 3.97. The van der Waals surface area contributed by atoms with E-state index in [0.717, 1.165) is 10.0 Å². The van der Waals surface area contributed by atoms with Crippen molar-refractivity contribution < 1.29 is 14.7 Å². The Labute approximate surface area is 117 Å². The van der Waals surface area contributed by atoms with Crippen LogP contribution in [0.25, 0.3) is 0 Å². The van der Waals surface area contributed by atoms with Crippen LogP contribution in [0.1, 0.15) is 15.9 Å². The van der Waals surface area contributed by atoms with Crippen molar-refractivity contribution in [2.45, 2.75) is 13.0 Å². The van der Waals surface area contributed by atoms with Gasteiger partial charge >= 0.3 is 5.97 Å². The first-order chi connectivity index (χ1) is 8.50. The van der Waals surface area contributed by atoms with Crippen LogP contribution in [0.3, 0.4) is 0 Å². The fraction of sp³-hybridized carbons (Fsp3) is 0.333. The summed E-state index contributed by atoms with van der Waals surface area (Å²) in [5, 5.41) is 9.08. The Hall–Kier alpha value is -1.01. The quantitative estimate of drug-likeness (QED) is 0.904. The number of aryl methyl sites for hydroxylation is 1. The summed E-state index contributed by atoms with van der Waals surface area (Å²) in [6.07, 6.45) is 0. The van der Waals surface area contributed by atoms with Crippen LogP contribution in [0.5, 0.6) is 0 Å². The molecule has 1 saturated heterocycles. The molecule has 1 amide bonds. The van der Waals surface area contributed by atoms with E-state index in [2.05, 4.69) is 15.9 Å². The van der Waals surface area contributed by atoms with Gasteiger partial charge in [-0.2, -0.15) is 0 Å². The lowest BCUT2D eigenvalue weighted by Gasteiger charge is -2.21. The van der Waals surface area contributed by atoms with Gasteiger partial charge in [0, 0.05) is 15.8 Å². The molecule has 0 bridgehead atoms. The molecule has 4 nitrogen and oxygen atoms in total. The average molecular weight is 330 g/mol. The van der Waals surface area contributed by atoms with Crippen LogP contribution in [0.4, 0.5) is 0 Å². The summed E-state index contributed by atoms with van der Waals surface area (Å²) in [6, 6.07) is 4.65. The van der Waals surface area contributed by atoms with Crippen molar-refractivity contribution in [3.8, 4) is 0 Å². The van der Waals surface area contributed by atoms with Gasteiger partial charge < -0.3 is 10.0 Å². The summed E-state index contributed by atoms with van der Waals surface area (Å²) < 4.78 is 0.905. The zero-order valence-corrected chi connectivity index (χ0v) is 12.1. The maximum Gasteiger partial charge on any atom is 0.327 e. The van der Waals surface area contributed by atoms with E-state index in [9.17, 15) is 9.59 Å². The van der Waals surface area contributed by atoms with Crippen molar-refractivity contribution in [3.05, 3.63) is 33.8 Å². The third-order valence-electron chi connectivity index (χ3n) is 2.85. The molecule has 1 N–H and O–H groups in total. The Morgan fingerprint density at radius 2 is 2.22 bits per heavy atom. The van der Waals surface area contributed by atoms with E-state index in [4.69, 9.17) is 5.11 Å². The van der Waals surface area contributed by atoms with Crippen LogP contribution in [0, 0.1) is 6.92 Å². The molecule has 96 valence electrons. The number of carbonyl (C=O) groups is 2. The van der Waals surface area contributed by atoms with Crippen LogP contribution >= 0.6 is 27.7 Å². The van der Waals surface area contributed by atoms with Crippen LogP contribution in [0.2, 0.25) is 0 Å². The maximum absolute atomic E-state index is 12.3. The summed E-state index contributed by atoms with van der Waals surface area (Å²) in [6.45, 7) is 1.84. The van der Waals surface area contributed by atoms with Crippen LogP contribution in [0.15, 0.2) is 22.7 Å². The van der Waals surface area contributed by atoms with E-state index in [1.807, 2.05) is 13.0 Å². The first kappa shape index (κ1) is 13.4. The highest BCUT2D eigenvalue weighted by Gasteiger charge is 2.35. The van der Waals surface area contributed by atoms with E-state index in [-0.39, 0.29) is 5.91 Å². The van der Waals surface area contributed by atoms with Crippen LogP contribution < -0.4 is 0 Å². The third-order valence-corrected chi connectivity index (χ3v) is 4.35. The fourth-order valence-electron chi connectivity index (χ4n) is 1.87. The van der Waals surface area contributed by atoms with Crippen molar-refractivity contribution in [2.75, 3.05) is 11.6 Å². The van der Waals surface area contributed by atoms with Gasteiger partial charge in [0.1, 0.15) is 6.04 Å². The van der Waals surface area contributed by atoms with Crippen molar-refractivity contribution in [1.82, 2.24) is 4.90 Å². The fourth-order valence-corrected chi connectivity index (χ4v) is 3.49. The summed E-state index contributed by atoms with van der Waals surface area (Å²) in [7, 11) is 0. The number of nitrogens with zero attached hydrogens (tertiary/aromatic N) is 1. The van der Waals surface area contributed by atoms with Crippen molar-refractivity contribution in [1.29, 1.82) is 0 Å². The Balaban J connectivity index is 2.28. The molecule has 1 aromatic rings. The Bertz CT molecular complexity index is 506. The monoisotopic (exact) mass is 329 g/mol. The molecular weight excluding hydrogens is 318 g/mol. The first-order valence-corrected chi connectivity index (χ1v) is 7.33. The number of hydrogen-bond donors (Lipinski definition) is 1. The average Bonchev–Trinajstić information content (AvgIpc) is 2.77. The normalized spacial score (nSPS) is 19.0. The molecule has 1 fully saturated rings. The Morgan fingerprint density at radius 3 is 2.83 bits per heavy atom. The number of hydrogen-bond acceptors (Lipinski definition) is 3. The first-order valence-electron chi connectivity index (χ1n) is 5.38. The molecule has 1 heterocycles. The number of carboxylic acid groups (broad SMARTS) is 1. The smallest absolute Gasteiger partial charge is 0.327 e. The largest absolute Gasteiger partial charge is 0.480 e. The second kappa shape index (κ2) is 5.32. The second-order valence-electron chi connectivity index (χ2n) is 4.09. The van der Waals surface area contributed by atoms with Gasteiger partial charge in [-0.25, -0.2) is 4.79 Å². The molecular formula is C12H12BrNO3S. The molecule has 1 atom stereocenters. The molecule has 0 radical (unpaired) electrons. The van der Waals surface area contributed by atoms with E-state index in [1.165, 1.54) is 16.7 Å². The zero-order chi connectivity index (χ0) is 13.3. The highest BCUT2D eigenvalue weighted by atomic mass is 79.9. The Morgan fingerprint density at radius 1 is 1.50 bits per heavy atom. The third kappa shape index (κ3) is 2.54. The topological polar surface area (TPSA) is 57.6 Å². The van der Waals surface area contributed by atoms with Gasteiger partial charge in [-0.05, 0) is 30.7 Å². The molecule has 0 aromatic heterocycles. The van der Waals surface area contributed by atoms with Crippen molar-refractivity contribution >= 4 is 39.6 Å². The van der Waals surface area contributed by atoms with Gasteiger partial charge in [0.15, 0.2) is 0 Å². The summed E-state index contributed by atoms with van der Waals surface area (Å²) in [4.78, 5) is 24.8. The number of amides is 1. The highest BCUT2D eigenvalue weighted by Crippen LogP contribution is 2.25. The molecule has 1 aliphatic heterocycles. The zero-order valence-electron chi connectivity index (χ0n) is 9.72. The molecule has 0 saturated carbocycles. The van der Waals surface area contributed by atoms with Gasteiger partial charge in [-0.15, -0.1) is 11.8 Å². The lowest BCUT2D eigenvalue weighted by molar-refractivity contribution is -0.140. The van der Waals surface area contributed by atoms with Crippen molar-refractivity contribution in [3.63, 3.8) is 0 Å². The number of benzene rings is 1. The van der Waals surface area contributed by atoms with Gasteiger partial charge in [0.2, 0.25) is 0 Å². The molecule has 0 unspecified atom stereocenters. The number of aliphatic carboxylic acids is 1. The molecule has 0 spiro atoms. The predicted octanol–water partition coefficient (Wildman–Crippen LogP) is 2.36. The number of halogens is 1. The second-order valence-corrected chi connectivity index (χ2v) is 6.00. The van der Waals surface area contributed by atoms with E-state index in [0.29, 0.717) is 17.2 Å². The van der Waals surface area contributed by atoms with E-state index in [1.54, 1.807) is 12.1 Å². The highest BCUT2D eigenvalue weighted by molar-refractivity contribution is 9.10. The van der Waals surface area contributed by atoms with Gasteiger partial charge in [0.05, 0.1) is 5.88 Å². The minimum Gasteiger partial charge on any atom is -0.480 e. The van der Waals surface area contributed by atoms with E-state index < -0.39 is 12.0 Å². The maximum atomic E-state index is 12.3. The summed E-state index contributed by atoms with van der Waals surface area (Å²) in [5.41, 5.74) is 1.40. The molecule has 2 rings (SSSR count). The minimum absolute atomic E-state index is 0.211. The van der Waals surface area contributed by atoms with Crippen LogP contribution in [-0.2, 0) is 4.79 Å². The van der Waals surface area contributed by atoms with Gasteiger partial charge in [-0.3, -0.25) is 4.79 Å². The lowest BCUT2D eigenvalue weighted by Crippen LogP contribution is -2.41. The standard InChI is InChI=1S/C12H12BrNO3S/c1-7-4-8(13)2-3-9(7)11(15)14-6-18-5-10(14)12(16)17/h2-4,10H,5-6H2,1H3,(H,16,17)/t10-/m0/s1. The predicted molar refractivity (Wildman–Crippen MR) is 73.8 cm³/mol. The van der Waals surface area contributed by atoms with Gasteiger partial charge in [-0.1, -0.05) is 15.9 Å². The number of carbonyl (C=O) groups excluding carboxylic acids is 1. The number of rotatable bonds is 2. The summed E-state index contributed by atoms with van der Waals surface area (Å²) >= 11 is 4.81.